The molecule has 0 aliphatic carbocycles. The first-order valence-corrected chi connectivity index (χ1v) is 9.90. The maximum Gasteiger partial charge on any atom is 0.471 e. The number of likely N-dealkylation sites (tertiary alicyclic amines) is 1. The molecule has 0 N–H and O–H groups in total. The summed E-state index contributed by atoms with van der Waals surface area (Å²) in [5.74, 6) is 0.622. The summed E-state index contributed by atoms with van der Waals surface area (Å²) < 4.78 is 49.1. The number of carbonyl (C=O) groups excluding carboxylic acids is 2. The number of anilines is 1. The van der Waals surface area contributed by atoms with Gasteiger partial charge in [0.05, 0.1) is 25.9 Å². The summed E-state index contributed by atoms with van der Waals surface area (Å²) in [5, 5.41) is 1.78. The Morgan fingerprint density at radius 1 is 1.26 bits per heavy atom. The molecule has 31 heavy (non-hydrogen) atoms. The summed E-state index contributed by atoms with van der Waals surface area (Å²) >= 11 is 1.10. The fourth-order valence-electron chi connectivity index (χ4n) is 3.30. The number of thiazole rings is 1. The van der Waals surface area contributed by atoms with Gasteiger partial charge in [-0.1, -0.05) is 0 Å². The molecule has 3 rings (SSSR count). The standard InChI is InChI=1S/C20H18F3N3O4S/c1-4-17-24-16(11-31-17)18(27)26(13-7-14(29-2)9-15(8-13)30-3)12-5-6-25(10-12)19(28)20(21,22)23/h1,7-9,11-12H,5-6,10H2,2-3H3. The van der Waals surface area contributed by atoms with E-state index in [1.54, 1.807) is 18.2 Å². The van der Waals surface area contributed by atoms with Crippen molar-refractivity contribution in [2.75, 3.05) is 32.2 Å². The summed E-state index contributed by atoms with van der Waals surface area (Å²) in [7, 11) is 2.87. The number of halogens is 3. The van der Waals surface area contributed by atoms with Crippen molar-refractivity contribution in [3.8, 4) is 23.8 Å². The van der Waals surface area contributed by atoms with Crippen LogP contribution in [0, 0.1) is 12.3 Å². The van der Waals surface area contributed by atoms with E-state index in [1.807, 2.05) is 0 Å². The second kappa shape index (κ2) is 8.85. The van der Waals surface area contributed by atoms with Crippen LogP contribution in [0.15, 0.2) is 23.6 Å². The molecule has 0 radical (unpaired) electrons. The Bertz CT molecular complexity index is 1010. The van der Waals surface area contributed by atoms with Crippen LogP contribution >= 0.6 is 11.3 Å². The molecule has 1 fully saturated rings. The highest BCUT2D eigenvalue weighted by molar-refractivity contribution is 7.10. The molecule has 1 aliphatic rings. The van der Waals surface area contributed by atoms with Gasteiger partial charge < -0.3 is 19.3 Å². The number of hydrogen-bond donors (Lipinski definition) is 0. The van der Waals surface area contributed by atoms with Crippen LogP contribution in [0.3, 0.4) is 0 Å². The van der Waals surface area contributed by atoms with Crippen molar-refractivity contribution in [2.24, 2.45) is 0 Å². The molecule has 2 aromatic rings. The van der Waals surface area contributed by atoms with Crippen molar-refractivity contribution in [2.45, 2.75) is 18.6 Å². The van der Waals surface area contributed by atoms with Crippen molar-refractivity contribution in [1.29, 1.82) is 0 Å². The van der Waals surface area contributed by atoms with Crippen LogP contribution in [0.5, 0.6) is 11.5 Å². The average Bonchev–Trinajstić information content (AvgIpc) is 3.42. The number of ether oxygens (including phenoxy) is 2. The molecule has 7 nitrogen and oxygen atoms in total. The van der Waals surface area contributed by atoms with Gasteiger partial charge in [-0.2, -0.15) is 13.2 Å². The van der Waals surface area contributed by atoms with Crippen LogP contribution in [0.2, 0.25) is 0 Å². The molecule has 1 unspecified atom stereocenters. The number of hydrogen-bond acceptors (Lipinski definition) is 6. The summed E-state index contributed by atoms with van der Waals surface area (Å²) in [5.41, 5.74) is 0.392. The summed E-state index contributed by atoms with van der Waals surface area (Å²) in [6.45, 7) is -0.420. The van der Waals surface area contributed by atoms with E-state index in [2.05, 4.69) is 10.9 Å². The van der Waals surface area contributed by atoms with Crippen molar-refractivity contribution in [1.82, 2.24) is 9.88 Å². The molecule has 164 valence electrons. The van der Waals surface area contributed by atoms with Crippen molar-refractivity contribution >= 4 is 28.8 Å². The number of rotatable bonds is 5. The van der Waals surface area contributed by atoms with E-state index in [-0.39, 0.29) is 25.2 Å². The molecule has 2 amide bonds. The lowest BCUT2D eigenvalue weighted by Crippen LogP contribution is -2.45. The molecule has 1 aromatic carbocycles. The Morgan fingerprint density at radius 2 is 1.90 bits per heavy atom. The van der Waals surface area contributed by atoms with Gasteiger partial charge in [0.15, 0.2) is 5.01 Å². The number of methoxy groups -OCH3 is 2. The summed E-state index contributed by atoms with van der Waals surface area (Å²) in [6, 6.07) is 4.00. The van der Waals surface area contributed by atoms with Gasteiger partial charge >= 0.3 is 12.1 Å². The van der Waals surface area contributed by atoms with Gasteiger partial charge in [0.1, 0.15) is 17.2 Å². The Labute approximate surface area is 180 Å². The van der Waals surface area contributed by atoms with E-state index in [9.17, 15) is 22.8 Å². The number of aromatic nitrogens is 1. The SMILES string of the molecule is C#Cc1nc(C(=O)N(c2cc(OC)cc(OC)c2)C2CCN(C(=O)C(F)(F)F)C2)cs1. The molecular formula is C20H18F3N3O4S. The minimum absolute atomic E-state index is 0.0559. The molecule has 1 atom stereocenters. The van der Waals surface area contributed by atoms with Gasteiger partial charge in [0.25, 0.3) is 5.91 Å². The Hall–Kier alpha value is -3.26. The summed E-state index contributed by atoms with van der Waals surface area (Å²) in [6.07, 6.45) is 0.495. The topological polar surface area (TPSA) is 72.0 Å². The first kappa shape index (κ1) is 22.4. The molecule has 1 saturated heterocycles. The lowest BCUT2D eigenvalue weighted by molar-refractivity contribution is -0.184. The zero-order chi connectivity index (χ0) is 22.8. The highest BCUT2D eigenvalue weighted by Gasteiger charge is 2.46. The first-order chi connectivity index (χ1) is 14.7. The second-order valence-electron chi connectivity index (χ2n) is 6.62. The highest BCUT2D eigenvalue weighted by atomic mass is 32.1. The first-order valence-electron chi connectivity index (χ1n) is 9.02. The lowest BCUT2D eigenvalue weighted by Gasteiger charge is -2.29. The maximum atomic E-state index is 13.3. The molecular weight excluding hydrogens is 435 g/mol. The predicted molar refractivity (Wildman–Crippen MR) is 107 cm³/mol. The third-order valence-corrected chi connectivity index (χ3v) is 5.51. The fraction of sp³-hybridized carbons (Fsp3) is 0.350. The van der Waals surface area contributed by atoms with Gasteiger partial charge in [0, 0.05) is 36.7 Å². The van der Waals surface area contributed by atoms with Gasteiger partial charge in [-0.05, 0) is 12.3 Å². The van der Waals surface area contributed by atoms with Gasteiger partial charge in [0.2, 0.25) is 0 Å². The molecule has 1 aromatic heterocycles. The summed E-state index contributed by atoms with van der Waals surface area (Å²) in [4.78, 5) is 31.1. The van der Waals surface area contributed by atoms with E-state index < -0.39 is 24.0 Å². The van der Waals surface area contributed by atoms with E-state index in [1.165, 1.54) is 24.5 Å². The van der Waals surface area contributed by atoms with Gasteiger partial charge in [-0.15, -0.1) is 17.8 Å². The number of alkyl halides is 3. The van der Waals surface area contributed by atoms with Crippen LogP contribution < -0.4 is 14.4 Å². The Kier molecular flexibility index (Phi) is 6.40. The molecule has 1 aliphatic heterocycles. The third-order valence-electron chi connectivity index (χ3n) is 4.74. The number of amides is 2. The Morgan fingerprint density at radius 3 is 2.42 bits per heavy atom. The van der Waals surface area contributed by atoms with Crippen molar-refractivity contribution < 1.29 is 32.2 Å². The second-order valence-corrected chi connectivity index (χ2v) is 7.48. The molecule has 11 heteroatoms. The minimum atomic E-state index is -4.99. The number of terminal acetylenes is 1. The van der Waals surface area contributed by atoms with Crippen LogP contribution in [0.1, 0.15) is 21.9 Å². The number of nitrogens with zero attached hydrogens (tertiary/aromatic N) is 3. The monoisotopic (exact) mass is 453 g/mol. The third kappa shape index (κ3) is 4.74. The van der Waals surface area contributed by atoms with E-state index in [0.717, 1.165) is 11.3 Å². The van der Waals surface area contributed by atoms with Crippen LogP contribution in [0.25, 0.3) is 0 Å². The Balaban J connectivity index is 2.01. The molecule has 0 bridgehead atoms. The lowest BCUT2D eigenvalue weighted by atomic mass is 10.1. The van der Waals surface area contributed by atoms with E-state index in [4.69, 9.17) is 15.9 Å². The van der Waals surface area contributed by atoms with E-state index >= 15 is 0 Å². The van der Waals surface area contributed by atoms with Crippen LogP contribution in [-0.2, 0) is 4.79 Å². The zero-order valence-electron chi connectivity index (χ0n) is 16.6. The average molecular weight is 453 g/mol. The number of benzene rings is 1. The van der Waals surface area contributed by atoms with Gasteiger partial charge in [-0.3, -0.25) is 9.59 Å². The quantitative estimate of drug-likeness (QED) is 0.651. The fourth-order valence-corrected chi connectivity index (χ4v) is 3.90. The zero-order valence-corrected chi connectivity index (χ0v) is 17.4. The van der Waals surface area contributed by atoms with Crippen molar-refractivity contribution in [3.63, 3.8) is 0 Å². The minimum Gasteiger partial charge on any atom is -0.497 e. The van der Waals surface area contributed by atoms with Crippen LogP contribution in [-0.4, -0.2) is 61.2 Å². The molecule has 2 heterocycles. The highest BCUT2D eigenvalue weighted by Crippen LogP contribution is 2.33. The largest absolute Gasteiger partial charge is 0.497 e. The maximum absolute atomic E-state index is 13.3. The molecule has 0 spiro atoms. The molecule has 0 saturated carbocycles. The van der Waals surface area contributed by atoms with Crippen molar-refractivity contribution in [3.05, 3.63) is 34.3 Å². The van der Waals surface area contributed by atoms with Gasteiger partial charge in [-0.25, -0.2) is 4.98 Å². The predicted octanol–water partition coefficient (Wildman–Crippen LogP) is 2.95. The smallest absolute Gasteiger partial charge is 0.471 e. The normalized spacial score (nSPS) is 16.0. The van der Waals surface area contributed by atoms with Crippen LogP contribution in [0.4, 0.5) is 18.9 Å². The van der Waals surface area contributed by atoms with E-state index in [0.29, 0.717) is 27.1 Å². The number of carbonyl (C=O) groups is 2.